The topological polar surface area (TPSA) is 83.5 Å². The number of alkyl halides is 3. The van der Waals surface area contributed by atoms with Crippen molar-refractivity contribution in [1.29, 1.82) is 0 Å². The fourth-order valence-corrected chi connectivity index (χ4v) is 3.24. The number of anilines is 1. The molecule has 3 aromatic carbocycles. The molecule has 0 unspecified atom stereocenters. The second kappa shape index (κ2) is 14.8. The van der Waals surface area contributed by atoms with Crippen molar-refractivity contribution in [2.45, 2.75) is 26.9 Å². The predicted octanol–water partition coefficient (Wildman–Crippen LogP) is 7.43. The van der Waals surface area contributed by atoms with Gasteiger partial charge in [-0.3, -0.25) is 4.79 Å². The van der Waals surface area contributed by atoms with Crippen molar-refractivity contribution >= 4 is 48.4 Å². The van der Waals surface area contributed by atoms with E-state index in [0.29, 0.717) is 26.9 Å². The lowest BCUT2D eigenvalue weighted by molar-refractivity contribution is -0.110. The molecule has 0 aliphatic rings. The van der Waals surface area contributed by atoms with Crippen LogP contribution in [0.3, 0.4) is 0 Å². The summed E-state index contributed by atoms with van der Waals surface area (Å²) in [6.07, 6.45) is -4.00. The summed E-state index contributed by atoms with van der Waals surface area (Å²) in [5.74, 6) is -0.579. The van der Waals surface area contributed by atoms with Gasteiger partial charge in [-0.15, -0.1) is 0 Å². The Bertz CT molecular complexity index is 1120. The van der Waals surface area contributed by atoms with E-state index in [9.17, 15) is 23.1 Å². The summed E-state index contributed by atoms with van der Waals surface area (Å²) in [7, 11) is 0. The zero-order chi connectivity index (χ0) is 27.3. The lowest BCUT2D eigenvalue weighted by atomic mass is 9.97. The molecule has 10 heteroatoms. The Balaban J connectivity index is 0.00000112. The first-order valence-corrected chi connectivity index (χ1v) is 10.4. The van der Waals surface area contributed by atoms with Gasteiger partial charge in [-0.05, 0) is 48.7 Å². The Labute approximate surface area is 211 Å². The quantitative estimate of drug-likeness (QED) is 0.369. The molecule has 0 radical (unpaired) electrons. The molecule has 2 N–H and O–H groups in total. The molecule has 1 amide bonds. The molecule has 0 saturated carbocycles. The molecule has 188 valence electrons. The van der Waals surface area contributed by atoms with Crippen molar-refractivity contribution in [3.63, 3.8) is 0 Å². The van der Waals surface area contributed by atoms with Gasteiger partial charge in [0.1, 0.15) is 19.3 Å². The third-order valence-electron chi connectivity index (χ3n) is 4.18. The van der Waals surface area contributed by atoms with Crippen LogP contribution < -0.4 is 5.32 Å². The summed E-state index contributed by atoms with van der Waals surface area (Å²) in [4.78, 5) is 28.8. The maximum atomic E-state index is 12.8. The zero-order valence-corrected chi connectivity index (χ0v) is 20.7. The molecule has 0 atom stereocenters. The first-order chi connectivity index (χ1) is 16.4. The summed E-state index contributed by atoms with van der Waals surface area (Å²) in [6.45, 7) is 7.80. The molecule has 0 fully saturated rings. The van der Waals surface area contributed by atoms with Crippen molar-refractivity contribution in [3.8, 4) is 16.9 Å². The number of amides is 1. The van der Waals surface area contributed by atoms with Crippen molar-refractivity contribution in [3.05, 3.63) is 81.3 Å². The van der Waals surface area contributed by atoms with Gasteiger partial charge in [0, 0.05) is 17.5 Å². The average molecular weight is 530 g/mol. The van der Waals surface area contributed by atoms with E-state index in [1.807, 2.05) is 56.9 Å². The highest BCUT2D eigenvalue weighted by Crippen LogP contribution is 2.38. The summed E-state index contributed by atoms with van der Waals surface area (Å²) < 4.78 is 31.1. The predicted molar refractivity (Wildman–Crippen MR) is 133 cm³/mol. The number of carbonyl (C=O) groups is 3. The van der Waals surface area contributed by atoms with Crippen LogP contribution in [0.15, 0.2) is 54.6 Å². The molecule has 3 rings (SSSR count). The molecular weight excluding hydrogens is 506 g/mol. The summed E-state index contributed by atoms with van der Waals surface area (Å²) in [6, 6.07) is 16.3. The molecule has 3 aromatic rings. The van der Waals surface area contributed by atoms with Gasteiger partial charge in [-0.2, -0.15) is 13.2 Å². The van der Waals surface area contributed by atoms with E-state index >= 15 is 0 Å². The molecule has 0 spiro atoms. The number of rotatable bonds is 3. The molecule has 0 aliphatic carbocycles. The number of carbonyl (C=O) groups excluding carboxylic acids is 3. The number of halogens is 5. The molecule has 0 heterocycles. The molecule has 0 aliphatic heterocycles. The number of phenolic OH excluding ortho intramolecular Hbond substituents is 1. The minimum Gasteiger partial charge on any atom is -0.506 e. The van der Waals surface area contributed by atoms with Crippen LogP contribution in [0.4, 0.5) is 18.9 Å². The Morgan fingerprint density at radius 3 is 1.91 bits per heavy atom. The molecule has 5 nitrogen and oxygen atoms in total. The van der Waals surface area contributed by atoms with E-state index in [-0.39, 0.29) is 18.2 Å². The molecule has 0 aromatic heterocycles. The van der Waals surface area contributed by atoms with Gasteiger partial charge in [-0.1, -0.05) is 59.6 Å². The number of phenols is 1. The van der Waals surface area contributed by atoms with E-state index in [1.54, 1.807) is 25.1 Å². The monoisotopic (exact) mass is 529 g/mol. The normalized spacial score (nSPS) is 9.83. The Morgan fingerprint density at radius 1 is 0.914 bits per heavy atom. The highest BCUT2D eigenvalue weighted by molar-refractivity contribution is 6.34. The van der Waals surface area contributed by atoms with Crippen molar-refractivity contribution < 1.29 is 32.7 Å². The molecule has 0 saturated heterocycles. The Kier molecular flexibility index (Phi) is 13.4. The van der Waals surface area contributed by atoms with Crippen LogP contribution >= 0.6 is 23.2 Å². The van der Waals surface area contributed by atoms with Gasteiger partial charge >= 0.3 is 6.18 Å². The lowest BCUT2D eigenvalue weighted by Gasteiger charge is -2.15. The number of benzene rings is 3. The summed E-state index contributed by atoms with van der Waals surface area (Å²) in [5.41, 5.74) is 3.37. The number of aromatic hydroxyl groups is 1. The highest BCUT2D eigenvalue weighted by Gasteiger charge is 2.22. The smallest absolute Gasteiger partial charge is 0.386 e. The zero-order valence-electron chi connectivity index (χ0n) is 19.2. The van der Waals surface area contributed by atoms with Gasteiger partial charge in [-0.25, -0.2) is 0 Å². The minimum absolute atomic E-state index is 0.112. The van der Waals surface area contributed by atoms with E-state index < -0.39 is 12.1 Å². The number of aryl methyl sites for hydroxylation is 1. The third-order valence-corrected chi connectivity index (χ3v) is 4.89. The van der Waals surface area contributed by atoms with Crippen LogP contribution in [0.5, 0.6) is 5.75 Å². The average Bonchev–Trinajstić information content (AvgIpc) is 2.80. The second-order valence-corrected chi connectivity index (χ2v) is 7.65. The lowest BCUT2D eigenvalue weighted by Crippen LogP contribution is -2.14. The maximum Gasteiger partial charge on any atom is 0.386 e. The minimum atomic E-state index is -4.00. The van der Waals surface area contributed by atoms with Crippen LogP contribution in [0, 0.1) is 13.8 Å². The van der Waals surface area contributed by atoms with Crippen molar-refractivity contribution in [2.24, 2.45) is 0 Å². The van der Waals surface area contributed by atoms with Crippen LogP contribution in [-0.4, -0.2) is 30.8 Å². The number of hydrogen-bond acceptors (Lipinski definition) is 4. The number of hydrogen-bond donors (Lipinski definition) is 2. The van der Waals surface area contributed by atoms with Crippen LogP contribution in [0.25, 0.3) is 11.1 Å². The fraction of sp³-hybridized carbons (Fsp3) is 0.160. The Hall–Kier alpha value is -3.36. The van der Waals surface area contributed by atoms with Crippen LogP contribution in [0.1, 0.15) is 28.4 Å². The Morgan fingerprint density at radius 2 is 1.43 bits per heavy atom. The van der Waals surface area contributed by atoms with Gasteiger partial charge in [0.2, 0.25) is 0 Å². The molecular formula is C25H24Cl2F3NO4. The van der Waals surface area contributed by atoms with E-state index in [0.717, 1.165) is 11.1 Å². The third kappa shape index (κ3) is 10.2. The first kappa shape index (κ1) is 31.6. The number of nitrogens with one attached hydrogen (secondary N) is 1. The highest BCUT2D eigenvalue weighted by atomic mass is 35.5. The second-order valence-electron chi connectivity index (χ2n) is 6.84. The van der Waals surface area contributed by atoms with Gasteiger partial charge in [0.15, 0.2) is 0 Å². The standard InChI is InChI=1S/C21H17Cl2NO2.C2H3F3.2CH2O/c1-12-8-9-18(17(23)10-12)24-21(26)19-13(2)16(22)11-15(20(19)25)14-6-4-3-5-7-14;1-2(3,4)5;2*1-2/h3-11,25H,1-2H3,(H,24,26);1H3;2*1H2. The van der Waals surface area contributed by atoms with E-state index in [1.165, 1.54) is 0 Å². The fourth-order valence-electron chi connectivity index (χ4n) is 2.76. The van der Waals surface area contributed by atoms with Gasteiger partial charge < -0.3 is 20.0 Å². The van der Waals surface area contributed by atoms with Crippen LogP contribution in [-0.2, 0) is 9.59 Å². The molecule has 0 bridgehead atoms. The summed E-state index contributed by atoms with van der Waals surface area (Å²) in [5, 5.41) is 14.3. The van der Waals surface area contributed by atoms with Gasteiger partial charge in [0.05, 0.1) is 16.3 Å². The SMILES string of the molecule is C=O.C=O.CC(F)(F)F.Cc1ccc(NC(=O)c2c(C)c(Cl)cc(-c3ccccc3)c2O)c(Cl)c1. The van der Waals surface area contributed by atoms with Crippen molar-refractivity contribution in [1.82, 2.24) is 0 Å². The van der Waals surface area contributed by atoms with Crippen molar-refractivity contribution in [2.75, 3.05) is 5.32 Å². The first-order valence-electron chi connectivity index (χ1n) is 9.68. The van der Waals surface area contributed by atoms with E-state index in [2.05, 4.69) is 5.32 Å². The van der Waals surface area contributed by atoms with E-state index in [4.69, 9.17) is 32.8 Å². The van der Waals surface area contributed by atoms with Gasteiger partial charge in [0.25, 0.3) is 5.91 Å². The summed E-state index contributed by atoms with van der Waals surface area (Å²) >= 11 is 12.5. The van der Waals surface area contributed by atoms with Crippen LogP contribution in [0.2, 0.25) is 10.0 Å². The molecule has 35 heavy (non-hydrogen) atoms. The maximum absolute atomic E-state index is 12.8. The largest absolute Gasteiger partial charge is 0.506 e.